The average molecular weight is 415 g/mol. The van der Waals surface area contributed by atoms with E-state index in [9.17, 15) is 4.79 Å². The predicted molar refractivity (Wildman–Crippen MR) is 122 cm³/mol. The van der Waals surface area contributed by atoms with Gasteiger partial charge < -0.3 is 19.8 Å². The maximum Gasteiger partial charge on any atom is 0.228 e. The molecule has 0 spiro atoms. The van der Waals surface area contributed by atoms with Crippen molar-refractivity contribution < 1.29 is 14.3 Å². The van der Waals surface area contributed by atoms with Gasteiger partial charge in [-0.25, -0.2) is 4.98 Å². The minimum absolute atomic E-state index is 0.0813. The molecule has 4 aromatic rings. The number of aromatic amines is 1. The zero-order valence-corrected chi connectivity index (χ0v) is 17.6. The molecule has 31 heavy (non-hydrogen) atoms. The third-order valence-corrected chi connectivity index (χ3v) is 5.14. The maximum atomic E-state index is 12.4. The Kier molecular flexibility index (Phi) is 6.17. The van der Waals surface area contributed by atoms with E-state index >= 15 is 0 Å². The Morgan fingerprint density at radius 3 is 2.39 bits per heavy atom. The number of rotatable bonds is 8. The second-order valence-electron chi connectivity index (χ2n) is 7.31. The molecule has 0 atom stereocenters. The molecule has 0 aliphatic heterocycles. The lowest BCUT2D eigenvalue weighted by atomic mass is 10.1. The average Bonchev–Trinajstić information content (AvgIpc) is 3.21. The molecule has 6 nitrogen and oxygen atoms in total. The normalized spacial score (nSPS) is 10.8. The van der Waals surface area contributed by atoms with Gasteiger partial charge in [0.05, 0.1) is 31.7 Å². The number of H-pyrrole nitrogens is 1. The molecule has 3 aromatic carbocycles. The molecule has 2 N–H and O–H groups in total. The Bertz CT molecular complexity index is 1150. The number of benzene rings is 3. The third-order valence-electron chi connectivity index (χ3n) is 5.14. The number of carbonyl (C=O) groups excluding carboxylic acids is 1. The number of amides is 1. The number of aryl methyl sites for hydroxylation is 2. The molecule has 1 aromatic heterocycles. The van der Waals surface area contributed by atoms with E-state index in [1.54, 1.807) is 20.3 Å². The highest BCUT2D eigenvalue weighted by Gasteiger charge is 2.09. The van der Waals surface area contributed by atoms with Gasteiger partial charge in [-0.2, -0.15) is 0 Å². The van der Waals surface area contributed by atoms with Crippen LogP contribution in [0.1, 0.15) is 17.0 Å². The number of anilines is 1. The van der Waals surface area contributed by atoms with Crippen molar-refractivity contribution in [2.45, 2.75) is 19.3 Å². The van der Waals surface area contributed by atoms with E-state index in [1.165, 1.54) is 5.56 Å². The van der Waals surface area contributed by atoms with E-state index < -0.39 is 0 Å². The first kappa shape index (κ1) is 20.5. The number of para-hydroxylation sites is 2. The molecule has 1 heterocycles. The molecule has 6 heteroatoms. The lowest BCUT2D eigenvalue weighted by Crippen LogP contribution is -2.14. The Labute approximate surface area is 181 Å². The molecule has 0 aliphatic rings. The zero-order chi connectivity index (χ0) is 21.6. The fourth-order valence-electron chi connectivity index (χ4n) is 3.52. The van der Waals surface area contributed by atoms with Gasteiger partial charge in [-0.15, -0.1) is 0 Å². The maximum absolute atomic E-state index is 12.4. The lowest BCUT2D eigenvalue weighted by Gasteiger charge is -2.10. The smallest absolute Gasteiger partial charge is 0.228 e. The highest BCUT2D eigenvalue weighted by Crippen LogP contribution is 2.27. The summed E-state index contributed by atoms with van der Waals surface area (Å²) < 4.78 is 10.5. The quantitative estimate of drug-likeness (QED) is 0.443. The van der Waals surface area contributed by atoms with Crippen LogP contribution in [0.25, 0.3) is 11.0 Å². The number of ether oxygens (including phenoxy) is 2. The van der Waals surface area contributed by atoms with Crippen molar-refractivity contribution in [1.82, 2.24) is 9.97 Å². The van der Waals surface area contributed by atoms with Crippen LogP contribution in [0.15, 0.2) is 66.7 Å². The van der Waals surface area contributed by atoms with Crippen molar-refractivity contribution in [2.75, 3.05) is 19.5 Å². The van der Waals surface area contributed by atoms with E-state index in [2.05, 4.69) is 15.3 Å². The molecule has 0 radical (unpaired) electrons. The van der Waals surface area contributed by atoms with E-state index in [1.807, 2.05) is 60.7 Å². The number of nitrogens with zero attached hydrogens (tertiary/aromatic N) is 1. The van der Waals surface area contributed by atoms with Crippen LogP contribution in [0.3, 0.4) is 0 Å². The number of fused-ring (bicyclic) bond motifs is 1. The molecular weight excluding hydrogens is 390 g/mol. The second kappa shape index (κ2) is 9.34. The summed E-state index contributed by atoms with van der Waals surface area (Å²) in [6.07, 6.45) is 1.97. The fraction of sp³-hybridized carbons (Fsp3) is 0.200. The summed E-state index contributed by atoms with van der Waals surface area (Å²) in [7, 11) is 3.17. The molecule has 0 fully saturated rings. The van der Waals surface area contributed by atoms with E-state index in [4.69, 9.17) is 9.47 Å². The van der Waals surface area contributed by atoms with Gasteiger partial charge in [-0.3, -0.25) is 4.79 Å². The number of imidazole rings is 1. The highest BCUT2D eigenvalue weighted by molar-refractivity contribution is 5.92. The summed E-state index contributed by atoms with van der Waals surface area (Å²) >= 11 is 0. The van der Waals surface area contributed by atoms with Crippen LogP contribution in [0.4, 0.5) is 5.69 Å². The highest BCUT2D eigenvalue weighted by atomic mass is 16.5. The molecular formula is C25H25N3O3. The Morgan fingerprint density at radius 1 is 0.903 bits per heavy atom. The molecule has 1 amide bonds. The van der Waals surface area contributed by atoms with Crippen molar-refractivity contribution in [3.63, 3.8) is 0 Å². The summed E-state index contributed by atoms with van der Waals surface area (Å²) in [5.74, 6) is 2.15. The topological polar surface area (TPSA) is 76.2 Å². The first-order valence-corrected chi connectivity index (χ1v) is 10.2. The zero-order valence-electron chi connectivity index (χ0n) is 17.6. The van der Waals surface area contributed by atoms with Crippen LogP contribution in [-0.4, -0.2) is 30.1 Å². The van der Waals surface area contributed by atoms with Gasteiger partial charge in [-0.1, -0.05) is 30.3 Å². The third kappa shape index (κ3) is 5.04. The number of carbonyl (C=O) groups is 1. The van der Waals surface area contributed by atoms with Gasteiger partial charge >= 0.3 is 0 Å². The molecule has 0 aliphatic carbocycles. The summed E-state index contributed by atoms with van der Waals surface area (Å²) in [6.45, 7) is 0. The predicted octanol–water partition coefficient (Wildman–Crippen LogP) is 4.55. The van der Waals surface area contributed by atoms with Crippen LogP contribution in [0.2, 0.25) is 0 Å². The number of methoxy groups -OCH3 is 2. The molecule has 4 rings (SSSR count). The van der Waals surface area contributed by atoms with Crippen LogP contribution >= 0.6 is 0 Å². The summed E-state index contributed by atoms with van der Waals surface area (Å²) in [4.78, 5) is 20.4. The van der Waals surface area contributed by atoms with Gasteiger partial charge in [0.25, 0.3) is 0 Å². The molecule has 0 saturated heterocycles. The number of nitrogens with one attached hydrogen (secondary N) is 2. The van der Waals surface area contributed by atoms with Crippen molar-refractivity contribution in [3.8, 4) is 11.5 Å². The standard InChI is InChI=1S/C25H25N3O3/c1-30-22-13-9-18(15-23(22)31-2)16-25(29)26-19-11-7-17(8-12-19)10-14-24-27-20-5-3-4-6-21(20)28-24/h3-9,11-13,15H,10,14,16H2,1-2H3,(H,26,29)(H,27,28). The van der Waals surface area contributed by atoms with Crippen LogP contribution in [0.5, 0.6) is 11.5 Å². The summed E-state index contributed by atoms with van der Waals surface area (Å²) in [5.41, 5.74) is 4.88. The van der Waals surface area contributed by atoms with Crippen molar-refractivity contribution in [1.29, 1.82) is 0 Å². The van der Waals surface area contributed by atoms with Gasteiger partial charge in [-0.05, 0) is 53.9 Å². The lowest BCUT2D eigenvalue weighted by molar-refractivity contribution is -0.115. The SMILES string of the molecule is COc1ccc(CC(=O)Nc2ccc(CCc3nc4ccccc4[nH]3)cc2)cc1OC. The van der Waals surface area contributed by atoms with Crippen molar-refractivity contribution >= 4 is 22.6 Å². The Morgan fingerprint density at radius 2 is 1.65 bits per heavy atom. The summed E-state index contributed by atoms with van der Waals surface area (Å²) in [6, 6.07) is 21.5. The molecule has 158 valence electrons. The van der Waals surface area contributed by atoms with E-state index in [0.717, 1.165) is 41.0 Å². The van der Waals surface area contributed by atoms with Gasteiger partial charge in [0.1, 0.15) is 5.82 Å². The Hall–Kier alpha value is -3.80. The Balaban J connectivity index is 1.32. The van der Waals surface area contributed by atoms with Crippen molar-refractivity contribution in [3.05, 3.63) is 83.7 Å². The second-order valence-corrected chi connectivity index (χ2v) is 7.31. The minimum atomic E-state index is -0.0813. The largest absolute Gasteiger partial charge is 0.493 e. The number of hydrogen-bond acceptors (Lipinski definition) is 4. The minimum Gasteiger partial charge on any atom is -0.493 e. The van der Waals surface area contributed by atoms with Crippen LogP contribution in [0, 0.1) is 0 Å². The fourth-order valence-corrected chi connectivity index (χ4v) is 3.52. The molecule has 0 bridgehead atoms. The van der Waals surface area contributed by atoms with Crippen molar-refractivity contribution in [2.24, 2.45) is 0 Å². The monoisotopic (exact) mass is 415 g/mol. The summed E-state index contributed by atoms with van der Waals surface area (Å²) in [5, 5.41) is 2.95. The van der Waals surface area contributed by atoms with E-state index in [0.29, 0.717) is 11.5 Å². The van der Waals surface area contributed by atoms with Gasteiger partial charge in [0, 0.05) is 12.1 Å². The molecule has 0 saturated carbocycles. The van der Waals surface area contributed by atoms with Crippen LogP contribution in [-0.2, 0) is 24.1 Å². The van der Waals surface area contributed by atoms with Gasteiger partial charge in [0.15, 0.2) is 11.5 Å². The first-order chi connectivity index (χ1) is 15.1. The molecule has 0 unspecified atom stereocenters. The number of aromatic nitrogens is 2. The number of hydrogen-bond donors (Lipinski definition) is 2. The first-order valence-electron chi connectivity index (χ1n) is 10.2. The van der Waals surface area contributed by atoms with Crippen LogP contribution < -0.4 is 14.8 Å². The van der Waals surface area contributed by atoms with Gasteiger partial charge in [0.2, 0.25) is 5.91 Å². The van der Waals surface area contributed by atoms with E-state index in [-0.39, 0.29) is 12.3 Å².